The average Bonchev–Trinajstić information content (AvgIpc) is 3.29. The third kappa shape index (κ3) is 2.97. The number of carbonyl (C=O) groups excluding carboxylic acids is 1. The molecule has 1 aliphatic heterocycles. The second kappa shape index (κ2) is 5.55. The largest absolute Gasteiger partial charge is 0.484 e. The van der Waals surface area contributed by atoms with Crippen LogP contribution in [0.5, 0.6) is 0 Å². The topological polar surface area (TPSA) is 29.5 Å². The predicted octanol–water partition coefficient (Wildman–Crippen LogP) is 3.37. The van der Waals surface area contributed by atoms with Gasteiger partial charge in [-0.1, -0.05) is 43.8 Å². The van der Waals surface area contributed by atoms with Gasteiger partial charge in [0.15, 0.2) is 5.76 Å². The molecule has 1 aromatic carbocycles. The molecule has 0 N–H and O–H groups in total. The van der Waals surface area contributed by atoms with Gasteiger partial charge in [0, 0.05) is 13.1 Å². The highest BCUT2D eigenvalue weighted by Gasteiger charge is 2.50. The summed E-state index contributed by atoms with van der Waals surface area (Å²) < 4.78 is 5.56. The summed E-state index contributed by atoms with van der Waals surface area (Å²) in [6, 6.07) is 9.86. The van der Waals surface area contributed by atoms with Crippen LogP contribution >= 0.6 is 0 Å². The van der Waals surface area contributed by atoms with Crippen molar-refractivity contribution in [1.29, 1.82) is 0 Å². The number of likely N-dealkylation sites (tertiary alicyclic amines) is 1. The van der Waals surface area contributed by atoms with Crippen molar-refractivity contribution in [3.63, 3.8) is 0 Å². The lowest BCUT2D eigenvalue weighted by molar-refractivity contribution is -0.133. The molecule has 1 saturated heterocycles. The lowest BCUT2D eigenvalue weighted by atomic mass is 9.83. The van der Waals surface area contributed by atoms with Crippen molar-refractivity contribution in [2.45, 2.75) is 32.8 Å². The minimum Gasteiger partial charge on any atom is -0.484 e. The molecule has 2 aliphatic rings. The van der Waals surface area contributed by atoms with E-state index in [2.05, 4.69) is 13.5 Å². The third-order valence-electron chi connectivity index (χ3n) is 5.09. The molecule has 3 nitrogen and oxygen atoms in total. The summed E-state index contributed by atoms with van der Waals surface area (Å²) in [5.41, 5.74) is 1.60. The Bertz CT molecular complexity index is 533. The fourth-order valence-corrected chi connectivity index (χ4v) is 3.29. The van der Waals surface area contributed by atoms with Crippen LogP contribution in [0, 0.1) is 11.3 Å². The Hall–Kier alpha value is -1.77. The maximum absolute atomic E-state index is 12.4. The van der Waals surface area contributed by atoms with Gasteiger partial charge in [-0.15, -0.1) is 0 Å². The number of rotatable bonds is 4. The Labute approximate surface area is 126 Å². The van der Waals surface area contributed by atoms with E-state index in [0.717, 1.165) is 25.1 Å². The highest BCUT2D eigenvalue weighted by molar-refractivity contribution is 5.90. The number of nitrogens with zero attached hydrogens (tertiary/aromatic N) is 1. The number of carbonyl (C=O) groups is 1. The first kappa shape index (κ1) is 14.2. The minimum absolute atomic E-state index is 0.0479. The first-order valence-corrected chi connectivity index (χ1v) is 7.76. The fourth-order valence-electron chi connectivity index (χ4n) is 3.29. The zero-order valence-electron chi connectivity index (χ0n) is 12.7. The summed E-state index contributed by atoms with van der Waals surface area (Å²) in [4.78, 5) is 14.3. The molecule has 1 heterocycles. The van der Waals surface area contributed by atoms with Crippen LogP contribution in [0.4, 0.5) is 0 Å². The SMILES string of the molecule is C=C(OCc1ccccc1)C(=O)N1CCC2(CC2)[C@@H](C)C1. The van der Waals surface area contributed by atoms with E-state index in [1.54, 1.807) is 0 Å². The summed E-state index contributed by atoms with van der Waals surface area (Å²) >= 11 is 0. The lowest BCUT2D eigenvalue weighted by Gasteiger charge is -2.37. The molecule has 1 aromatic rings. The number of ether oxygens (including phenoxy) is 1. The predicted molar refractivity (Wildman–Crippen MR) is 82.4 cm³/mol. The number of benzene rings is 1. The third-order valence-corrected chi connectivity index (χ3v) is 5.09. The smallest absolute Gasteiger partial charge is 0.288 e. The molecule has 3 heteroatoms. The van der Waals surface area contributed by atoms with Crippen molar-refractivity contribution in [2.24, 2.45) is 11.3 Å². The summed E-state index contributed by atoms with van der Waals surface area (Å²) in [6.07, 6.45) is 3.80. The van der Waals surface area contributed by atoms with Crippen LogP contribution in [0.3, 0.4) is 0 Å². The van der Waals surface area contributed by atoms with Gasteiger partial charge in [0.2, 0.25) is 0 Å². The van der Waals surface area contributed by atoms with Gasteiger partial charge in [-0.3, -0.25) is 4.79 Å². The van der Waals surface area contributed by atoms with Crippen LogP contribution in [-0.4, -0.2) is 23.9 Å². The van der Waals surface area contributed by atoms with Crippen molar-refractivity contribution < 1.29 is 9.53 Å². The van der Waals surface area contributed by atoms with Gasteiger partial charge in [-0.05, 0) is 36.2 Å². The number of hydrogen-bond acceptors (Lipinski definition) is 2. The van der Waals surface area contributed by atoms with E-state index >= 15 is 0 Å². The van der Waals surface area contributed by atoms with Crippen molar-refractivity contribution in [1.82, 2.24) is 4.90 Å². The van der Waals surface area contributed by atoms with E-state index in [4.69, 9.17) is 4.74 Å². The van der Waals surface area contributed by atoms with Gasteiger partial charge >= 0.3 is 0 Å². The molecular formula is C18H23NO2. The zero-order chi connectivity index (χ0) is 14.9. The second-order valence-corrected chi connectivity index (χ2v) is 6.46. The van der Waals surface area contributed by atoms with E-state index in [9.17, 15) is 4.79 Å². The van der Waals surface area contributed by atoms with E-state index < -0.39 is 0 Å². The molecule has 1 saturated carbocycles. The molecule has 1 amide bonds. The van der Waals surface area contributed by atoms with E-state index in [1.807, 2.05) is 35.2 Å². The van der Waals surface area contributed by atoms with Gasteiger partial charge in [-0.2, -0.15) is 0 Å². The van der Waals surface area contributed by atoms with Crippen LogP contribution < -0.4 is 0 Å². The first-order chi connectivity index (χ1) is 10.1. The highest BCUT2D eigenvalue weighted by atomic mass is 16.5. The van der Waals surface area contributed by atoms with E-state index in [0.29, 0.717) is 17.9 Å². The number of piperidine rings is 1. The van der Waals surface area contributed by atoms with Crippen LogP contribution in [0.25, 0.3) is 0 Å². The molecule has 1 atom stereocenters. The Morgan fingerprint density at radius 2 is 2.05 bits per heavy atom. The quantitative estimate of drug-likeness (QED) is 0.627. The Morgan fingerprint density at radius 3 is 2.67 bits per heavy atom. The van der Waals surface area contributed by atoms with Gasteiger partial charge in [0.05, 0.1) is 0 Å². The summed E-state index contributed by atoms with van der Waals surface area (Å²) in [6.45, 7) is 8.16. The molecule has 1 spiro atoms. The fraction of sp³-hybridized carbons (Fsp3) is 0.500. The summed E-state index contributed by atoms with van der Waals surface area (Å²) in [5, 5.41) is 0. The van der Waals surface area contributed by atoms with Crippen LogP contribution in [0.1, 0.15) is 31.7 Å². The average molecular weight is 285 g/mol. The standard InChI is InChI=1S/C18H23NO2/c1-14-12-19(11-10-18(14)8-9-18)17(20)15(2)21-13-16-6-4-3-5-7-16/h3-7,14H,2,8-13H2,1H3/t14-/m0/s1. The zero-order valence-corrected chi connectivity index (χ0v) is 12.7. The molecule has 3 rings (SSSR count). The van der Waals surface area contributed by atoms with E-state index in [1.165, 1.54) is 12.8 Å². The molecule has 0 bridgehead atoms. The normalized spacial score (nSPS) is 22.9. The minimum atomic E-state index is -0.0479. The van der Waals surface area contributed by atoms with Gasteiger partial charge in [0.1, 0.15) is 6.61 Å². The van der Waals surface area contributed by atoms with Crippen LogP contribution in [0.2, 0.25) is 0 Å². The molecule has 0 aromatic heterocycles. The molecule has 112 valence electrons. The van der Waals surface area contributed by atoms with Crippen molar-refractivity contribution in [3.05, 3.63) is 48.2 Å². The lowest BCUT2D eigenvalue weighted by Crippen LogP contribution is -2.44. The van der Waals surface area contributed by atoms with Crippen LogP contribution in [-0.2, 0) is 16.1 Å². The Kier molecular flexibility index (Phi) is 3.75. The number of amides is 1. The maximum atomic E-state index is 12.4. The van der Waals surface area contributed by atoms with Gasteiger partial charge in [0.25, 0.3) is 5.91 Å². The Morgan fingerprint density at radius 1 is 1.33 bits per heavy atom. The van der Waals surface area contributed by atoms with E-state index in [-0.39, 0.29) is 11.7 Å². The molecule has 21 heavy (non-hydrogen) atoms. The first-order valence-electron chi connectivity index (χ1n) is 7.76. The summed E-state index contributed by atoms with van der Waals surface area (Å²) in [5.74, 6) is 0.809. The van der Waals surface area contributed by atoms with Gasteiger partial charge < -0.3 is 9.64 Å². The second-order valence-electron chi connectivity index (χ2n) is 6.46. The van der Waals surface area contributed by atoms with Crippen molar-refractivity contribution in [2.75, 3.05) is 13.1 Å². The Balaban J connectivity index is 1.52. The molecular weight excluding hydrogens is 262 g/mol. The van der Waals surface area contributed by atoms with Gasteiger partial charge in [-0.25, -0.2) is 0 Å². The van der Waals surface area contributed by atoms with Crippen LogP contribution in [0.15, 0.2) is 42.7 Å². The molecule has 0 radical (unpaired) electrons. The highest BCUT2D eigenvalue weighted by Crippen LogP contribution is 2.56. The summed E-state index contributed by atoms with van der Waals surface area (Å²) in [7, 11) is 0. The monoisotopic (exact) mass is 285 g/mol. The number of hydrogen-bond donors (Lipinski definition) is 0. The molecule has 1 aliphatic carbocycles. The van der Waals surface area contributed by atoms with Crippen molar-refractivity contribution >= 4 is 5.91 Å². The molecule has 2 fully saturated rings. The maximum Gasteiger partial charge on any atom is 0.288 e. The molecule has 0 unspecified atom stereocenters. The van der Waals surface area contributed by atoms with Crippen molar-refractivity contribution in [3.8, 4) is 0 Å².